The first-order chi connectivity index (χ1) is 17.5. The molecule has 0 unspecified atom stereocenters. The van der Waals surface area contributed by atoms with Gasteiger partial charge in [0.2, 0.25) is 5.91 Å². The highest BCUT2D eigenvalue weighted by atomic mass is 79.9. The summed E-state index contributed by atoms with van der Waals surface area (Å²) >= 11 is 9.69. The molecule has 0 saturated heterocycles. The summed E-state index contributed by atoms with van der Waals surface area (Å²) in [5.74, 6) is 0.252. The Morgan fingerprint density at radius 3 is 2.50 bits per heavy atom. The van der Waals surface area contributed by atoms with Crippen LogP contribution in [0.15, 0.2) is 65.1 Å². The highest BCUT2D eigenvalue weighted by molar-refractivity contribution is 9.10. The first-order valence-corrected chi connectivity index (χ1v) is 13.8. The Labute approximate surface area is 226 Å². The second kappa shape index (κ2) is 12.6. The molecule has 190 valence electrons. The molecule has 7 heteroatoms. The SMILES string of the molecule is CC[C@H](C(=O)NC1CCCCC1)N(Cc1ccc(Cl)cc1)C(=O)COc1ccc2ccccc2c1Br. The normalized spacial score (nSPS) is 14.9. The van der Waals surface area contributed by atoms with E-state index in [0.29, 0.717) is 23.7 Å². The summed E-state index contributed by atoms with van der Waals surface area (Å²) in [5.41, 5.74) is 0.906. The number of hydrogen-bond donors (Lipinski definition) is 1. The third kappa shape index (κ3) is 6.60. The maximum Gasteiger partial charge on any atom is 0.261 e. The molecular weight excluding hydrogens is 540 g/mol. The summed E-state index contributed by atoms with van der Waals surface area (Å²) in [5, 5.41) is 5.92. The maximum absolute atomic E-state index is 13.5. The molecule has 0 heterocycles. The minimum Gasteiger partial charge on any atom is -0.483 e. The Balaban J connectivity index is 1.52. The van der Waals surface area contributed by atoms with Crippen LogP contribution in [0.2, 0.25) is 5.02 Å². The standard InChI is InChI=1S/C29H32BrClN2O3/c1-2-25(29(35)32-23-9-4-3-5-10-23)33(18-20-12-15-22(31)16-13-20)27(34)19-36-26-17-14-21-8-6-7-11-24(21)28(26)30/h6-8,11-17,23,25H,2-5,9-10,18-19H2,1H3,(H,32,35)/t25-/m1/s1. The van der Waals surface area contributed by atoms with Crippen LogP contribution in [0.25, 0.3) is 10.8 Å². The van der Waals surface area contributed by atoms with Crippen molar-refractivity contribution in [3.63, 3.8) is 0 Å². The first kappa shape index (κ1) is 26.5. The molecule has 1 aliphatic carbocycles. The summed E-state index contributed by atoms with van der Waals surface area (Å²) in [4.78, 5) is 28.5. The van der Waals surface area contributed by atoms with Gasteiger partial charge in [0, 0.05) is 17.6 Å². The lowest BCUT2D eigenvalue weighted by Gasteiger charge is -2.32. The molecule has 1 saturated carbocycles. The van der Waals surface area contributed by atoms with E-state index >= 15 is 0 Å². The number of carbonyl (C=O) groups is 2. The fourth-order valence-electron chi connectivity index (χ4n) is 4.80. The van der Waals surface area contributed by atoms with Gasteiger partial charge in [-0.05, 0) is 69.7 Å². The fraction of sp³-hybridized carbons (Fsp3) is 0.379. The molecule has 0 radical (unpaired) electrons. The minimum atomic E-state index is -0.584. The molecule has 1 fully saturated rings. The van der Waals surface area contributed by atoms with Gasteiger partial charge in [-0.1, -0.05) is 80.3 Å². The van der Waals surface area contributed by atoms with Crippen molar-refractivity contribution in [1.82, 2.24) is 10.2 Å². The molecule has 3 aromatic rings. The largest absolute Gasteiger partial charge is 0.483 e. The average molecular weight is 572 g/mol. The number of nitrogens with one attached hydrogen (secondary N) is 1. The summed E-state index contributed by atoms with van der Waals surface area (Å²) in [6, 6.07) is 18.8. The fourth-order valence-corrected chi connectivity index (χ4v) is 5.53. The number of rotatable bonds is 9. The molecule has 0 aliphatic heterocycles. The number of hydrogen-bond acceptors (Lipinski definition) is 3. The van der Waals surface area contributed by atoms with Crippen molar-refractivity contribution in [3.8, 4) is 5.75 Å². The van der Waals surface area contributed by atoms with Crippen molar-refractivity contribution in [3.05, 3.63) is 75.7 Å². The highest BCUT2D eigenvalue weighted by Gasteiger charge is 2.30. The zero-order valence-electron chi connectivity index (χ0n) is 20.5. The summed E-state index contributed by atoms with van der Waals surface area (Å²) in [6.07, 6.45) is 5.97. The van der Waals surface area contributed by atoms with Crippen molar-refractivity contribution in [2.24, 2.45) is 0 Å². The predicted octanol–water partition coefficient (Wildman–Crippen LogP) is 6.89. The van der Waals surface area contributed by atoms with Crippen molar-refractivity contribution in [2.45, 2.75) is 64.1 Å². The van der Waals surface area contributed by atoms with Crippen molar-refractivity contribution in [2.75, 3.05) is 6.61 Å². The Hall–Kier alpha value is -2.57. The van der Waals surface area contributed by atoms with Crippen LogP contribution in [0.5, 0.6) is 5.75 Å². The van der Waals surface area contributed by atoms with Gasteiger partial charge in [0.15, 0.2) is 6.61 Å². The number of carbonyl (C=O) groups excluding carboxylic acids is 2. The average Bonchev–Trinajstić information content (AvgIpc) is 2.90. The van der Waals surface area contributed by atoms with E-state index in [0.717, 1.165) is 46.5 Å². The third-order valence-electron chi connectivity index (χ3n) is 6.78. The molecule has 36 heavy (non-hydrogen) atoms. The van der Waals surface area contributed by atoms with Gasteiger partial charge in [-0.3, -0.25) is 9.59 Å². The summed E-state index contributed by atoms with van der Waals surface area (Å²) in [6.45, 7) is 2.07. The van der Waals surface area contributed by atoms with Crippen molar-refractivity contribution >= 4 is 50.1 Å². The van der Waals surface area contributed by atoms with Crippen LogP contribution in [0, 0.1) is 0 Å². The number of fused-ring (bicyclic) bond motifs is 1. The van der Waals surface area contributed by atoms with E-state index in [1.54, 1.807) is 17.0 Å². The lowest BCUT2D eigenvalue weighted by atomic mass is 9.95. The zero-order chi connectivity index (χ0) is 25.5. The van der Waals surface area contributed by atoms with Crippen LogP contribution in [-0.4, -0.2) is 35.4 Å². The van der Waals surface area contributed by atoms with Gasteiger partial charge in [-0.25, -0.2) is 0 Å². The molecule has 2 amide bonds. The van der Waals surface area contributed by atoms with Gasteiger partial charge in [0.25, 0.3) is 5.91 Å². The molecule has 0 bridgehead atoms. The van der Waals surface area contributed by atoms with E-state index < -0.39 is 6.04 Å². The van der Waals surface area contributed by atoms with Crippen molar-refractivity contribution in [1.29, 1.82) is 0 Å². The van der Waals surface area contributed by atoms with E-state index in [1.165, 1.54) is 6.42 Å². The van der Waals surface area contributed by atoms with Gasteiger partial charge >= 0.3 is 0 Å². The molecule has 1 N–H and O–H groups in total. The van der Waals surface area contributed by atoms with E-state index in [2.05, 4.69) is 21.2 Å². The van der Waals surface area contributed by atoms with Crippen LogP contribution in [-0.2, 0) is 16.1 Å². The predicted molar refractivity (Wildman–Crippen MR) is 148 cm³/mol. The van der Waals surface area contributed by atoms with Crippen LogP contribution in [0.3, 0.4) is 0 Å². The van der Waals surface area contributed by atoms with Crippen LogP contribution >= 0.6 is 27.5 Å². The summed E-state index contributed by atoms with van der Waals surface area (Å²) < 4.78 is 6.78. The highest BCUT2D eigenvalue weighted by Crippen LogP contribution is 2.33. The van der Waals surface area contributed by atoms with Crippen LogP contribution in [0.1, 0.15) is 51.0 Å². The van der Waals surface area contributed by atoms with E-state index in [4.69, 9.17) is 16.3 Å². The quantitative estimate of drug-likeness (QED) is 0.304. The van der Waals surface area contributed by atoms with Gasteiger partial charge < -0.3 is 15.0 Å². The smallest absolute Gasteiger partial charge is 0.261 e. The molecule has 1 atom stereocenters. The second-order valence-electron chi connectivity index (χ2n) is 9.30. The Kier molecular flexibility index (Phi) is 9.27. The van der Waals surface area contributed by atoms with Gasteiger partial charge in [0.05, 0.1) is 4.47 Å². The molecule has 0 aromatic heterocycles. The molecule has 0 spiro atoms. The maximum atomic E-state index is 13.5. The summed E-state index contributed by atoms with van der Waals surface area (Å²) in [7, 11) is 0. The molecule has 3 aromatic carbocycles. The van der Waals surface area contributed by atoms with Crippen molar-refractivity contribution < 1.29 is 14.3 Å². The monoisotopic (exact) mass is 570 g/mol. The molecular formula is C29H32BrClN2O3. The first-order valence-electron chi connectivity index (χ1n) is 12.6. The number of benzene rings is 3. The van der Waals surface area contributed by atoms with Gasteiger partial charge in [-0.2, -0.15) is 0 Å². The Morgan fingerprint density at radius 1 is 1.06 bits per heavy atom. The van der Waals surface area contributed by atoms with Gasteiger partial charge in [-0.15, -0.1) is 0 Å². The zero-order valence-corrected chi connectivity index (χ0v) is 22.9. The van der Waals surface area contributed by atoms with Gasteiger partial charge in [0.1, 0.15) is 11.8 Å². The third-order valence-corrected chi connectivity index (χ3v) is 7.85. The molecule has 1 aliphatic rings. The number of nitrogens with zero attached hydrogens (tertiary/aromatic N) is 1. The van der Waals surface area contributed by atoms with Crippen LogP contribution < -0.4 is 10.1 Å². The van der Waals surface area contributed by atoms with E-state index in [-0.39, 0.29) is 24.5 Å². The molecule has 4 rings (SSSR count). The Bertz CT molecular complexity index is 1190. The topological polar surface area (TPSA) is 58.6 Å². The number of ether oxygens (including phenoxy) is 1. The van der Waals surface area contributed by atoms with E-state index in [1.807, 2.05) is 55.5 Å². The number of halogens is 2. The lowest BCUT2D eigenvalue weighted by molar-refractivity contribution is -0.143. The second-order valence-corrected chi connectivity index (χ2v) is 10.5. The lowest BCUT2D eigenvalue weighted by Crippen LogP contribution is -2.52. The van der Waals surface area contributed by atoms with E-state index in [9.17, 15) is 9.59 Å². The minimum absolute atomic E-state index is 0.0985. The number of amides is 2. The van der Waals surface area contributed by atoms with Crippen LogP contribution in [0.4, 0.5) is 0 Å². The Morgan fingerprint density at radius 2 is 1.78 bits per heavy atom. The molecule has 5 nitrogen and oxygen atoms in total.